The number of anilines is 2. The molecular weight excluding hydrogens is 490 g/mol. The van der Waals surface area contributed by atoms with Gasteiger partial charge in [0.1, 0.15) is 18.0 Å². The number of hydrogen-bond donors (Lipinski definition) is 2. The van der Waals surface area contributed by atoms with Crippen molar-refractivity contribution in [2.24, 2.45) is 5.92 Å². The second-order valence-electron chi connectivity index (χ2n) is 10.5. The number of allylic oxidation sites excluding steroid dienone is 1. The molecule has 1 unspecified atom stereocenters. The summed E-state index contributed by atoms with van der Waals surface area (Å²) in [6, 6.07) is 12.4. The smallest absolute Gasteiger partial charge is 0.411 e. The summed E-state index contributed by atoms with van der Waals surface area (Å²) in [5.41, 5.74) is 2.23. The first-order chi connectivity index (χ1) is 18.4. The van der Waals surface area contributed by atoms with Gasteiger partial charge in [-0.3, -0.25) is 5.32 Å². The molecular formula is C30H36F2N2O4. The maximum absolute atomic E-state index is 14.4. The number of hydrogen-bond acceptors (Lipinski definition) is 5. The molecule has 2 aromatic carbocycles. The van der Waals surface area contributed by atoms with Gasteiger partial charge in [0.05, 0.1) is 13.2 Å². The van der Waals surface area contributed by atoms with Crippen LogP contribution in [0, 0.1) is 5.92 Å². The highest BCUT2D eigenvalue weighted by Gasteiger charge is 2.30. The second-order valence-corrected chi connectivity index (χ2v) is 10.5. The molecule has 6 nitrogen and oxygen atoms in total. The van der Waals surface area contributed by atoms with Gasteiger partial charge in [0.15, 0.2) is 0 Å². The van der Waals surface area contributed by atoms with Gasteiger partial charge in [-0.2, -0.15) is 0 Å². The Morgan fingerprint density at radius 2 is 1.76 bits per heavy atom. The summed E-state index contributed by atoms with van der Waals surface area (Å²) in [6.07, 6.45) is 5.28. The lowest BCUT2D eigenvalue weighted by Gasteiger charge is -2.30. The lowest BCUT2D eigenvalue weighted by molar-refractivity contribution is 0.0256. The van der Waals surface area contributed by atoms with Crippen molar-refractivity contribution in [3.8, 4) is 5.75 Å². The second kappa shape index (κ2) is 12.2. The summed E-state index contributed by atoms with van der Waals surface area (Å²) < 4.78 is 45.7. The summed E-state index contributed by atoms with van der Waals surface area (Å²) in [7, 11) is 0. The van der Waals surface area contributed by atoms with E-state index in [1.807, 2.05) is 13.0 Å². The van der Waals surface area contributed by atoms with Crippen LogP contribution in [0.15, 0.2) is 42.5 Å². The third-order valence-corrected chi connectivity index (χ3v) is 7.53. The lowest BCUT2D eigenvalue weighted by Crippen LogP contribution is -2.28. The van der Waals surface area contributed by atoms with Crippen molar-refractivity contribution in [3.05, 3.63) is 53.6 Å². The Kier molecular flexibility index (Phi) is 8.47. The molecule has 5 rings (SSSR count). The monoisotopic (exact) mass is 526 g/mol. The minimum atomic E-state index is -2.67. The summed E-state index contributed by atoms with van der Waals surface area (Å²) >= 11 is 0. The maximum atomic E-state index is 14.4. The zero-order chi connectivity index (χ0) is 26.5. The van der Waals surface area contributed by atoms with Crippen molar-refractivity contribution in [2.45, 2.75) is 76.5 Å². The number of amides is 1. The van der Waals surface area contributed by atoms with Crippen LogP contribution in [-0.4, -0.2) is 44.0 Å². The molecule has 8 heteroatoms. The molecule has 1 amide bonds. The standard InChI is InChI=1S/C30H36F2N2O4/c1-19(21-7-8-21)37-30(35)34-23-9-5-20(6-10-23)17-27(29(31)32)26-12-11-25(38-24-13-15-36-16-14-24)18-28(26)33-22-3-2-4-22/h5-6,9-12,17-19,21-22,24,29,33H,2-4,7-8,13-16H2,1H3,(H,34,35)/b27-17-. The van der Waals surface area contributed by atoms with Crippen LogP contribution in [0.3, 0.4) is 0 Å². The molecule has 2 aromatic rings. The normalized spacial score (nSPS) is 19.5. The van der Waals surface area contributed by atoms with Crippen LogP contribution in [0.25, 0.3) is 11.6 Å². The minimum Gasteiger partial charge on any atom is -0.490 e. The molecule has 2 N–H and O–H groups in total. The van der Waals surface area contributed by atoms with E-state index in [0.717, 1.165) is 44.9 Å². The molecule has 2 saturated carbocycles. The van der Waals surface area contributed by atoms with E-state index in [-0.39, 0.29) is 23.8 Å². The van der Waals surface area contributed by atoms with Gasteiger partial charge in [0.25, 0.3) is 6.43 Å². The molecule has 1 atom stereocenters. The van der Waals surface area contributed by atoms with Crippen molar-refractivity contribution < 1.29 is 27.8 Å². The maximum Gasteiger partial charge on any atom is 0.411 e. The highest BCUT2D eigenvalue weighted by Crippen LogP contribution is 2.37. The topological polar surface area (TPSA) is 68.8 Å². The highest BCUT2D eigenvalue weighted by molar-refractivity contribution is 5.89. The molecule has 1 saturated heterocycles. The first-order valence-corrected chi connectivity index (χ1v) is 13.7. The van der Waals surface area contributed by atoms with Crippen LogP contribution in [0.4, 0.5) is 25.0 Å². The van der Waals surface area contributed by atoms with E-state index in [1.165, 1.54) is 6.08 Å². The molecule has 3 fully saturated rings. The summed E-state index contributed by atoms with van der Waals surface area (Å²) in [5.74, 6) is 1.13. The molecule has 0 bridgehead atoms. The fraction of sp³-hybridized carbons (Fsp3) is 0.500. The first kappa shape index (κ1) is 26.5. The fourth-order valence-electron chi connectivity index (χ4n) is 4.81. The number of benzene rings is 2. The first-order valence-electron chi connectivity index (χ1n) is 13.7. The van der Waals surface area contributed by atoms with Crippen molar-refractivity contribution in [1.82, 2.24) is 0 Å². The van der Waals surface area contributed by atoms with Gasteiger partial charge in [-0.15, -0.1) is 0 Å². The van der Waals surface area contributed by atoms with Crippen molar-refractivity contribution in [2.75, 3.05) is 23.8 Å². The van der Waals surface area contributed by atoms with Gasteiger partial charge in [0, 0.05) is 47.5 Å². The van der Waals surface area contributed by atoms with Crippen molar-refractivity contribution in [3.63, 3.8) is 0 Å². The number of nitrogens with one attached hydrogen (secondary N) is 2. The Labute approximate surface area is 222 Å². The average molecular weight is 527 g/mol. The number of halogens is 2. The van der Waals surface area contributed by atoms with E-state index in [1.54, 1.807) is 36.4 Å². The van der Waals surface area contributed by atoms with Crippen LogP contribution in [0.2, 0.25) is 0 Å². The van der Waals surface area contributed by atoms with Gasteiger partial charge in [-0.25, -0.2) is 13.6 Å². The molecule has 204 valence electrons. The van der Waals surface area contributed by atoms with Crippen molar-refractivity contribution >= 4 is 29.1 Å². The molecule has 2 aliphatic carbocycles. The zero-order valence-electron chi connectivity index (χ0n) is 21.8. The van der Waals surface area contributed by atoms with E-state index in [9.17, 15) is 13.6 Å². The Bertz CT molecular complexity index is 1120. The van der Waals surface area contributed by atoms with E-state index in [2.05, 4.69) is 10.6 Å². The number of rotatable bonds is 10. The number of carbonyl (C=O) groups is 1. The van der Waals surface area contributed by atoms with Crippen LogP contribution in [-0.2, 0) is 9.47 Å². The number of alkyl halides is 2. The predicted octanol–water partition coefficient (Wildman–Crippen LogP) is 7.36. The van der Waals surface area contributed by atoms with E-state index in [4.69, 9.17) is 14.2 Å². The molecule has 1 aliphatic heterocycles. The van der Waals surface area contributed by atoms with E-state index < -0.39 is 12.5 Å². The number of ether oxygens (including phenoxy) is 3. The SMILES string of the molecule is CC(OC(=O)Nc1ccc(/C=C(/c2ccc(OC3CCOCC3)cc2NC2CCC2)C(F)F)cc1)C1CC1. The van der Waals surface area contributed by atoms with Crippen LogP contribution < -0.4 is 15.4 Å². The summed E-state index contributed by atoms with van der Waals surface area (Å²) in [4.78, 5) is 12.1. The minimum absolute atomic E-state index is 0.0668. The lowest BCUT2D eigenvalue weighted by atomic mass is 9.92. The van der Waals surface area contributed by atoms with E-state index >= 15 is 0 Å². The highest BCUT2D eigenvalue weighted by atomic mass is 19.3. The zero-order valence-corrected chi connectivity index (χ0v) is 21.8. The Morgan fingerprint density at radius 3 is 2.39 bits per heavy atom. The van der Waals surface area contributed by atoms with E-state index in [0.29, 0.717) is 47.4 Å². The van der Waals surface area contributed by atoms with Crippen molar-refractivity contribution in [1.29, 1.82) is 0 Å². The van der Waals surface area contributed by atoms with Gasteiger partial charge in [-0.1, -0.05) is 12.1 Å². The Balaban J connectivity index is 1.33. The van der Waals surface area contributed by atoms with Crippen LogP contribution in [0.1, 0.15) is 63.0 Å². The average Bonchev–Trinajstić information content (AvgIpc) is 3.72. The van der Waals surface area contributed by atoms with Crippen LogP contribution >= 0.6 is 0 Å². The largest absolute Gasteiger partial charge is 0.490 e. The summed E-state index contributed by atoms with van der Waals surface area (Å²) in [6.45, 7) is 3.24. The molecule has 0 aromatic heterocycles. The van der Waals surface area contributed by atoms with Gasteiger partial charge >= 0.3 is 6.09 Å². The van der Waals surface area contributed by atoms with Gasteiger partial charge in [-0.05, 0) is 80.9 Å². The summed E-state index contributed by atoms with van der Waals surface area (Å²) in [5, 5.41) is 6.18. The third kappa shape index (κ3) is 7.04. The molecule has 0 spiro atoms. The quantitative estimate of drug-likeness (QED) is 0.317. The van der Waals surface area contributed by atoms with Crippen LogP contribution in [0.5, 0.6) is 5.75 Å². The molecule has 0 radical (unpaired) electrons. The number of carbonyl (C=O) groups excluding carboxylic acids is 1. The molecule has 38 heavy (non-hydrogen) atoms. The fourth-order valence-corrected chi connectivity index (χ4v) is 4.81. The molecule has 3 aliphatic rings. The molecule has 1 heterocycles. The Morgan fingerprint density at radius 1 is 1.03 bits per heavy atom. The van der Waals surface area contributed by atoms with Gasteiger partial charge in [0.2, 0.25) is 0 Å². The third-order valence-electron chi connectivity index (χ3n) is 7.53. The Hall–Kier alpha value is -3.13. The van der Waals surface area contributed by atoms with Gasteiger partial charge < -0.3 is 19.5 Å². The predicted molar refractivity (Wildman–Crippen MR) is 145 cm³/mol.